The Morgan fingerprint density at radius 1 is 1.17 bits per heavy atom. The van der Waals surface area contributed by atoms with Gasteiger partial charge in [-0.2, -0.15) is 0 Å². The summed E-state index contributed by atoms with van der Waals surface area (Å²) in [6.07, 6.45) is 4.85. The van der Waals surface area contributed by atoms with Crippen LogP contribution in [-0.4, -0.2) is 17.5 Å². The zero-order chi connectivity index (χ0) is 21.1. The Morgan fingerprint density at radius 2 is 1.97 bits per heavy atom. The van der Waals surface area contributed by atoms with E-state index in [4.69, 9.17) is 4.74 Å². The van der Waals surface area contributed by atoms with Crippen LogP contribution in [0.2, 0.25) is 0 Å². The summed E-state index contributed by atoms with van der Waals surface area (Å²) in [5.41, 5.74) is 5.97. The first-order chi connectivity index (χ1) is 14.5. The summed E-state index contributed by atoms with van der Waals surface area (Å²) in [5.74, 6) is 0.829. The van der Waals surface area contributed by atoms with Gasteiger partial charge in [0.25, 0.3) is 5.91 Å². The summed E-state index contributed by atoms with van der Waals surface area (Å²) in [6.45, 7) is 4.16. The van der Waals surface area contributed by atoms with Gasteiger partial charge in [0.2, 0.25) is 0 Å². The Kier molecular flexibility index (Phi) is 6.54. The molecule has 0 fully saturated rings. The number of hydrogen-bond acceptors (Lipinski definition) is 4. The van der Waals surface area contributed by atoms with Crippen LogP contribution in [-0.2, 0) is 17.6 Å². The molecule has 1 amide bonds. The number of carbonyl (C=O) groups is 1. The highest BCUT2D eigenvalue weighted by Crippen LogP contribution is 2.31. The number of nitrogens with zero attached hydrogens (tertiary/aromatic N) is 1. The Hall–Kier alpha value is -2.18. The average molecular weight is 485 g/mol. The lowest BCUT2D eigenvalue weighted by Gasteiger charge is -2.16. The fourth-order valence-corrected chi connectivity index (χ4v) is 4.87. The van der Waals surface area contributed by atoms with Crippen molar-refractivity contribution >= 4 is 38.3 Å². The van der Waals surface area contributed by atoms with Crippen LogP contribution in [0.5, 0.6) is 5.75 Å². The number of fused-ring (bicyclic) bond motifs is 1. The molecule has 0 saturated heterocycles. The fraction of sp³-hybridized carbons (Fsp3) is 0.333. The van der Waals surface area contributed by atoms with Gasteiger partial charge < -0.3 is 4.74 Å². The highest BCUT2D eigenvalue weighted by atomic mass is 79.9. The molecule has 1 heterocycles. The molecule has 156 valence electrons. The number of halogens is 1. The third-order valence-electron chi connectivity index (χ3n) is 5.35. The van der Waals surface area contributed by atoms with Gasteiger partial charge in [-0.3, -0.25) is 10.1 Å². The normalized spacial score (nSPS) is 13.2. The summed E-state index contributed by atoms with van der Waals surface area (Å²) < 4.78 is 6.79. The second kappa shape index (κ2) is 9.31. The first-order valence-corrected chi connectivity index (χ1v) is 12.0. The summed E-state index contributed by atoms with van der Waals surface area (Å²) in [6, 6.07) is 12.5. The number of thiazole rings is 1. The molecule has 3 aromatic rings. The number of nitrogens with one attached hydrogen (secondary N) is 1. The Morgan fingerprint density at radius 3 is 2.77 bits per heavy atom. The maximum Gasteiger partial charge on any atom is 0.264 e. The third-order valence-corrected chi connectivity index (χ3v) is 6.60. The van der Waals surface area contributed by atoms with E-state index >= 15 is 0 Å². The number of rotatable bonds is 6. The number of benzene rings is 2. The summed E-state index contributed by atoms with van der Waals surface area (Å²) in [7, 11) is 0. The lowest BCUT2D eigenvalue weighted by molar-refractivity contribution is -0.118. The van der Waals surface area contributed by atoms with Gasteiger partial charge in [0.15, 0.2) is 11.7 Å². The highest BCUT2D eigenvalue weighted by Gasteiger charge is 2.14. The smallest absolute Gasteiger partial charge is 0.264 e. The summed E-state index contributed by atoms with van der Waals surface area (Å²) >= 11 is 4.93. The van der Waals surface area contributed by atoms with Gasteiger partial charge in [0, 0.05) is 15.4 Å². The van der Waals surface area contributed by atoms with Crippen molar-refractivity contribution < 1.29 is 9.53 Å². The molecular formula is C24H25BrN2O2S. The monoisotopic (exact) mass is 484 g/mol. The van der Waals surface area contributed by atoms with E-state index < -0.39 is 0 Å². The molecule has 1 N–H and O–H groups in total. The molecule has 4 rings (SSSR count). The molecule has 0 saturated carbocycles. The number of amides is 1. The van der Waals surface area contributed by atoms with Gasteiger partial charge in [-0.25, -0.2) is 4.98 Å². The third kappa shape index (κ3) is 4.93. The molecule has 30 heavy (non-hydrogen) atoms. The zero-order valence-electron chi connectivity index (χ0n) is 17.2. The molecule has 1 aliphatic carbocycles. The van der Waals surface area contributed by atoms with E-state index in [1.807, 2.05) is 23.6 Å². The first kappa shape index (κ1) is 21.1. The van der Waals surface area contributed by atoms with Gasteiger partial charge in [0.1, 0.15) is 5.75 Å². The molecule has 0 bridgehead atoms. The molecule has 4 nitrogen and oxygen atoms in total. The SMILES string of the molecule is CC(C)c1cc(Br)ccc1OCC(=O)Nc1nc(-c2ccc3c(c2)CCCC3)cs1. The van der Waals surface area contributed by atoms with Crippen LogP contribution in [0.15, 0.2) is 46.3 Å². The van der Waals surface area contributed by atoms with Crippen molar-refractivity contribution in [2.45, 2.75) is 45.4 Å². The standard InChI is InChI=1S/C24H25BrN2O2S/c1-15(2)20-12-19(25)9-10-22(20)29-13-23(28)27-24-26-21(14-30-24)18-8-7-16-5-3-4-6-17(16)11-18/h7-12,14-15H,3-6,13H2,1-2H3,(H,26,27,28). The maximum atomic E-state index is 12.4. The molecule has 0 radical (unpaired) electrons. The van der Waals surface area contributed by atoms with Crippen LogP contribution in [0, 0.1) is 0 Å². The van der Waals surface area contributed by atoms with E-state index in [0.717, 1.165) is 33.5 Å². The largest absolute Gasteiger partial charge is 0.483 e. The number of aromatic nitrogens is 1. The van der Waals surface area contributed by atoms with E-state index in [1.165, 1.54) is 41.7 Å². The van der Waals surface area contributed by atoms with Crippen LogP contribution < -0.4 is 10.1 Å². The first-order valence-electron chi connectivity index (χ1n) is 10.3. The lowest BCUT2D eigenvalue weighted by Crippen LogP contribution is -2.20. The van der Waals surface area contributed by atoms with Crippen molar-refractivity contribution in [3.8, 4) is 17.0 Å². The lowest BCUT2D eigenvalue weighted by atomic mass is 9.90. The Balaban J connectivity index is 1.39. The van der Waals surface area contributed by atoms with E-state index in [1.54, 1.807) is 0 Å². The van der Waals surface area contributed by atoms with Gasteiger partial charge in [0.05, 0.1) is 5.69 Å². The number of anilines is 1. The predicted octanol–water partition coefficient (Wildman–Crippen LogP) is 6.59. The van der Waals surface area contributed by atoms with Gasteiger partial charge in [-0.1, -0.05) is 41.9 Å². The van der Waals surface area contributed by atoms with E-state index in [0.29, 0.717) is 11.0 Å². The summed E-state index contributed by atoms with van der Waals surface area (Å²) in [5, 5.41) is 5.45. The van der Waals surface area contributed by atoms with Crippen molar-refractivity contribution in [3.05, 3.63) is 62.9 Å². The van der Waals surface area contributed by atoms with E-state index in [-0.39, 0.29) is 12.5 Å². The van der Waals surface area contributed by atoms with E-state index in [9.17, 15) is 4.79 Å². The Bertz CT molecular complexity index is 1060. The van der Waals surface area contributed by atoms with Crippen LogP contribution in [0.25, 0.3) is 11.3 Å². The van der Waals surface area contributed by atoms with E-state index in [2.05, 4.69) is 58.3 Å². The van der Waals surface area contributed by atoms with Gasteiger partial charge >= 0.3 is 0 Å². The van der Waals surface area contributed by atoms with Crippen LogP contribution in [0.4, 0.5) is 5.13 Å². The zero-order valence-corrected chi connectivity index (χ0v) is 19.6. The quantitative estimate of drug-likeness (QED) is 0.429. The maximum absolute atomic E-state index is 12.4. The van der Waals surface area contributed by atoms with Crippen molar-refractivity contribution in [3.63, 3.8) is 0 Å². The van der Waals surface area contributed by atoms with Gasteiger partial charge in [-0.15, -0.1) is 11.3 Å². The fourth-order valence-electron chi connectivity index (χ4n) is 3.76. The average Bonchev–Trinajstić information content (AvgIpc) is 3.20. The number of hydrogen-bond donors (Lipinski definition) is 1. The second-order valence-corrected chi connectivity index (χ2v) is 9.68. The molecular weight excluding hydrogens is 460 g/mol. The van der Waals surface area contributed by atoms with Crippen LogP contribution >= 0.6 is 27.3 Å². The minimum absolute atomic E-state index is 0.0465. The minimum atomic E-state index is -0.209. The molecule has 6 heteroatoms. The van der Waals surface area contributed by atoms with Crippen LogP contribution in [0.1, 0.15) is 49.3 Å². The number of carbonyl (C=O) groups excluding carboxylic acids is 1. The van der Waals surface area contributed by atoms with Crippen molar-refractivity contribution in [2.24, 2.45) is 0 Å². The van der Waals surface area contributed by atoms with Gasteiger partial charge in [-0.05, 0) is 72.6 Å². The molecule has 0 spiro atoms. The molecule has 0 atom stereocenters. The van der Waals surface area contributed by atoms with Crippen molar-refractivity contribution in [1.82, 2.24) is 4.98 Å². The predicted molar refractivity (Wildman–Crippen MR) is 127 cm³/mol. The highest BCUT2D eigenvalue weighted by molar-refractivity contribution is 9.10. The Labute approximate surface area is 189 Å². The minimum Gasteiger partial charge on any atom is -0.483 e. The molecule has 0 aliphatic heterocycles. The van der Waals surface area contributed by atoms with Crippen molar-refractivity contribution in [1.29, 1.82) is 0 Å². The molecule has 1 aliphatic rings. The van der Waals surface area contributed by atoms with Crippen molar-refractivity contribution in [2.75, 3.05) is 11.9 Å². The molecule has 2 aromatic carbocycles. The number of ether oxygens (including phenoxy) is 1. The molecule has 1 aromatic heterocycles. The topological polar surface area (TPSA) is 51.2 Å². The second-order valence-electron chi connectivity index (χ2n) is 7.90. The molecule has 0 unspecified atom stereocenters. The number of aryl methyl sites for hydroxylation is 2. The summed E-state index contributed by atoms with van der Waals surface area (Å²) in [4.78, 5) is 17.0. The van der Waals surface area contributed by atoms with Crippen LogP contribution in [0.3, 0.4) is 0 Å².